The van der Waals surface area contributed by atoms with E-state index in [4.69, 9.17) is 5.11 Å². The molecule has 0 atom stereocenters. The van der Waals surface area contributed by atoms with Crippen LogP contribution in [0.2, 0.25) is 0 Å². The summed E-state index contributed by atoms with van der Waals surface area (Å²) in [6.45, 7) is 1.84. The van der Waals surface area contributed by atoms with Gasteiger partial charge in [0, 0.05) is 31.4 Å². The monoisotopic (exact) mass is 234 g/mol. The van der Waals surface area contributed by atoms with E-state index in [9.17, 15) is 4.79 Å². The van der Waals surface area contributed by atoms with Crippen LogP contribution in [0.4, 0.5) is 0 Å². The normalized spacial score (nSPS) is 15.1. The van der Waals surface area contributed by atoms with Gasteiger partial charge in [-0.3, -0.25) is 14.7 Å². The summed E-state index contributed by atoms with van der Waals surface area (Å²) in [6.07, 6.45) is 5.10. The number of hydrogen-bond acceptors (Lipinski definition) is 3. The quantitative estimate of drug-likeness (QED) is 0.775. The molecule has 0 saturated heterocycles. The molecule has 0 radical (unpaired) electrons. The number of carboxylic acid groups (broad SMARTS) is 1. The van der Waals surface area contributed by atoms with Crippen molar-refractivity contribution in [2.45, 2.75) is 19.3 Å². The number of carboxylic acids is 1. The highest BCUT2D eigenvalue weighted by atomic mass is 16.4. The van der Waals surface area contributed by atoms with Gasteiger partial charge >= 0.3 is 5.97 Å². The first-order chi connectivity index (χ1) is 8.24. The summed E-state index contributed by atoms with van der Waals surface area (Å²) < 4.78 is 0. The second-order valence-corrected chi connectivity index (χ2v) is 4.64. The van der Waals surface area contributed by atoms with Gasteiger partial charge in [-0.25, -0.2) is 0 Å². The fraction of sp³-hybridized carbons (Fsp3) is 0.538. The second-order valence-electron chi connectivity index (χ2n) is 4.64. The minimum absolute atomic E-state index is 0.142. The molecule has 0 amide bonds. The van der Waals surface area contributed by atoms with Crippen LogP contribution in [0.15, 0.2) is 24.4 Å². The molecule has 0 aromatic carbocycles. The van der Waals surface area contributed by atoms with E-state index in [1.807, 2.05) is 23.1 Å². The Morgan fingerprint density at radius 3 is 2.88 bits per heavy atom. The van der Waals surface area contributed by atoms with Crippen molar-refractivity contribution in [1.29, 1.82) is 0 Å². The lowest BCUT2D eigenvalue weighted by Gasteiger charge is -2.19. The van der Waals surface area contributed by atoms with Crippen molar-refractivity contribution in [3.63, 3.8) is 0 Å². The maximum atomic E-state index is 10.8. The van der Waals surface area contributed by atoms with E-state index in [1.54, 1.807) is 6.20 Å². The van der Waals surface area contributed by atoms with Gasteiger partial charge in [0.15, 0.2) is 0 Å². The first-order valence-corrected chi connectivity index (χ1v) is 6.08. The van der Waals surface area contributed by atoms with Crippen LogP contribution in [0.1, 0.15) is 18.5 Å². The van der Waals surface area contributed by atoms with Crippen LogP contribution < -0.4 is 0 Å². The lowest BCUT2D eigenvalue weighted by molar-refractivity contribution is -0.138. The molecular weight excluding hydrogens is 216 g/mol. The molecule has 1 fully saturated rings. The van der Waals surface area contributed by atoms with Gasteiger partial charge in [-0.2, -0.15) is 0 Å². The summed E-state index contributed by atoms with van der Waals surface area (Å²) >= 11 is 0. The molecule has 0 bridgehead atoms. The molecule has 1 aromatic heterocycles. The Balaban J connectivity index is 1.81. The first-order valence-electron chi connectivity index (χ1n) is 6.08. The number of rotatable bonds is 7. The van der Waals surface area contributed by atoms with Crippen molar-refractivity contribution < 1.29 is 9.90 Å². The average Bonchev–Trinajstić information content (AvgIpc) is 3.10. The van der Waals surface area contributed by atoms with Crippen molar-refractivity contribution in [2.24, 2.45) is 5.92 Å². The predicted molar refractivity (Wildman–Crippen MR) is 64.7 cm³/mol. The molecule has 17 heavy (non-hydrogen) atoms. The van der Waals surface area contributed by atoms with Gasteiger partial charge in [0.05, 0.1) is 6.54 Å². The number of aliphatic carboxylic acids is 1. The van der Waals surface area contributed by atoms with E-state index in [0.717, 1.165) is 31.1 Å². The van der Waals surface area contributed by atoms with Crippen LogP contribution in [-0.4, -0.2) is 40.6 Å². The molecule has 4 heteroatoms. The van der Waals surface area contributed by atoms with Crippen molar-refractivity contribution in [3.8, 4) is 0 Å². The standard InChI is InChI=1S/C13H18N2O2/c16-13(17)10-15(9-11-4-5-11)8-6-12-3-1-2-7-14-12/h1-3,7,11H,4-6,8-10H2,(H,16,17). The van der Waals surface area contributed by atoms with Crippen molar-refractivity contribution >= 4 is 5.97 Å². The maximum absolute atomic E-state index is 10.8. The summed E-state index contributed by atoms with van der Waals surface area (Å²) in [7, 11) is 0. The highest BCUT2D eigenvalue weighted by molar-refractivity contribution is 5.69. The lowest BCUT2D eigenvalue weighted by Crippen LogP contribution is -2.33. The largest absolute Gasteiger partial charge is 0.480 e. The Kier molecular flexibility index (Phi) is 4.09. The van der Waals surface area contributed by atoms with Crippen molar-refractivity contribution in [1.82, 2.24) is 9.88 Å². The molecule has 0 spiro atoms. The highest BCUT2D eigenvalue weighted by Crippen LogP contribution is 2.29. The zero-order chi connectivity index (χ0) is 12.1. The lowest BCUT2D eigenvalue weighted by atomic mass is 10.2. The molecule has 1 aromatic rings. The molecule has 2 rings (SSSR count). The third-order valence-electron chi connectivity index (χ3n) is 2.98. The zero-order valence-corrected chi connectivity index (χ0v) is 9.88. The summed E-state index contributed by atoms with van der Waals surface area (Å²) in [4.78, 5) is 17.0. The predicted octanol–water partition coefficient (Wildman–Crippen LogP) is 1.42. The number of carbonyl (C=O) groups is 1. The van der Waals surface area contributed by atoms with E-state index >= 15 is 0 Å². The van der Waals surface area contributed by atoms with Crippen LogP contribution in [0.25, 0.3) is 0 Å². The molecular formula is C13H18N2O2. The Morgan fingerprint density at radius 2 is 2.29 bits per heavy atom. The zero-order valence-electron chi connectivity index (χ0n) is 9.88. The van der Waals surface area contributed by atoms with Gasteiger partial charge in [0.2, 0.25) is 0 Å². The van der Waals surface area contributed by atoms with E-state index in [-0.39, 0.29) is 6.54 Å². The average molecular weight is 234 g/mol. The summed E-state index contributed by atoms with van der Waals surface area (Å²) in [5, 5.41) is 8.86. The number of hydrogen-bond donors (Lipinski definition) is 1. The van der Waals surface area contributed by atoms with E-state index in [0.29, 0.717) is 0 Å². The number of pyridine rings is 1. The Labute approximate surface area is 101 Å². The topological polar surface area (TPSA) is 53.4 Å². The molecule has 92 valence electrons. The molecule has 1 aliphatic rings. The Bertz CT molecular complexity index is 363. The van der Waals surface area contributed by atoms with E-state index < -0.39 is 5.97 Å². The SMILES string of the molecule is O=C(O)CN(CCc1ccccn1)CC1CC1. The van der Waals surface area contributed by atoms with Crippen LogP contribution in [0, 0.1) is 5.92 Å². The number of aromatic nitrogens is 1. The Hall–Kier alpha value is -1.42. The molecule has 1 N–H and O–H groups in total. The van der Waals surface area contributed by atoms with Gasteiger partial charge in [-0.1, -0.05) is 6.07 Å². The molecule has 4 nitrogen and oxygen atoms in total. The third-order valence-corrected chi connectivity index (χ3v) is 2.98. The molecule has 1 heterocycles. The molecule has 1 aliphatic carbocycles. The van der Waals surface area contributed by atoms with Crippen LogP contribution in [0.5, 0.6) is 0 Å². The van der Waals surface area contributed by atoms with E-state index in [1.165, 1.54) is 12.8 Å². The third kappa shape index (κ3) is 4.53. The molecule has 0 aliphatic heterocycles. The second kappa shape index (κ2) is 5.77. The van der Waals surface area contributed by atoms with Crippen molar-refractivity contribution in [2.75, 3.05) is 19.6 Å². The summed E-state index contributed by atoms with van der Waals surface area (Å²) in [6, 6.07) is 5.84. The molecule has 1 saturated carbocycles. The van der Waals surface area contributed by atoms with Crippen LogP contribution in [-0.2, 0) is 11.2 Å². The fourth-order valence-corrected chi connectivity index (χ4v) is 1.91. The molecule has 0 unspecified atom stereocenters. The van der Waals surface area contributed by atoms with Gasteiger partial charge in [-0.15, -0.1) is 0 Å². The van der Waals surface area contributed by atoms with Crippen LogP contribution in [0.3, 0.4) is 0 Å². The van der Waals surface area contributed by atoms with Gasteiger partial charge in [0.25, 0.3) is 0 Å². The minimum Gasteiger partial charge on any atom is -0.480 e. The number of nitrogens with zero attached hydrogens (tertiary/aromatic N) is 2. The van der Waals surface area contributed by atoms with Crippen LogP contribution >= 0.6 is 0 Å². The Morgan fingerprint density at radius 1 is 1.47 bits per heavy atom. The maximum Gasteiger partial charge on any atom is 0.317 e. The smallest absolute Gasteiger partial charge is 0.317 e. The van der Waals surface area contributed by atoms with Gasteiger partial charge < -0.3 is 5.11 Å². The highest BCUT2D eigenvalue weighted by Gasteiger charge is 2.25. The van der Waals surface area contributed by atoms with E-state index in [2.05, 4.69) is 4.98 Å². The van der Waals surface area contributed by atoms with Crippen molar-refractivity contribution in [3.05, 3.63) is 30.1 Å². The summed E-state index contributed by atoms with van der Waals surface area (Å²) in [5.74, 6) is -0.0234. The fourth-order valence-electron chi connectivity index (χ4n) is 1.91. The van der Waals surface area contributed by atoms with Gasteiger partial charge in [-0.05, 0) is 30.9 Å². The first kappa shape index (κ1) is 12.0. The van der Waals surface area contributed by atoms with Gasteiger partial charge in [0.1, 0.15) is 0 Å². The summed E-state index contributed by atoms with van der Waals surface area (Å²) in [5.41, 5.74) is 1.03. The minimum atomic E-state index is -0.744.